The normalized spacial score (nSPS) is 10.6. The Morgan fingerprint density at radius 1 is 1.44 bits per heavy atom. The van der Waals surface area contributed by atoms with Crippen molar-refractivity contribution in [2.24, 2.45) is 0 Å². The molecular weight excluding hydrogens is 244 g/mol. The molecule has 0 aliphatic heterocycles. The molecule has 0 fully saturated rings. The Labute approximate surface area is 112 Å². The zero-order chi connectivity index (χ0) is 13.0. The fraction of sp³-hybridized carbons (Fsp3) is 0.308. The Morgan fingerprint density at radius 3 is 2.94 bits per heavy atom. The molecule has 0 atom stereocenters. The highest BCUT2D eigenvalue weighted by molar-refractivity contribution is 7.71. The van der Waals surface area contributed by atoms with E-state index in [1.807, 2.05) is 24.4 Å². The summed E-state index contributed by atoms with van der Waals surface area (Å²) in [5, 5.41) is 3.29. The van der Waals surface area contributed by atoms with E-state index in [1.165, 1.54) is 0 Å². The lowest BCUT2D eigenvalue weighted by Crippen LogP contribution is -2.05. The fourth-order valence-electron chi connectivity index (χ4n) is 1.55. The lowest BCUT2D eigenvalue weighted by molar-refractivity contribution is 0.771. The molecule has 0 amide bonds. The molecule has 2 aromatic rings. The Bertz CT molecular complexity index is 563. The monoisotopic (exact) mass is 260 g/mol. The molecule has 94 valence electrons. The van der Waals surface area contributed by atoms with E-state index in [2.05, 4.69) is 34.1 Å². The molecule has 2 aromatic heterocycles. The summed E-state index contributed by atoms with van der Waals surface area (Å²) in [6.07, 6.45) is 3.60. The minimum atomic E-state index is 0.326. The van der Waals surface area contributed by atoms with Gasteiger partial charge in [-0.2, -0.15) is 0 Å². The number of pyridine rings is 1. The predicted molar refractivity (Wildman–Crippen MR) is 75.1 cm³/mol. The van der Waals surface area contributed by atoms with Crippen molar-refractivity contribution >= 4 is 18.0 Å². The second-order valence-electron chi connectivity index (χ2n) is 4.39. The summed E-state index contributed by atoms with van der Waals surface area (Å²) < 4.78 is 0.603. The first kappa shape index (κ1) is 12.7. The highest BCUT2D eigenvalue weighted by Gasteiger charge is 2.03. The average Bonchev–Trinajstić information content (AvgIpc) is 2.37. The topological polar surface area (TPSA) is 53.6 Å². The van der Waals surface area contributed by atoms with Crippen molar-refractivity contribution in [2.75, 3.05) is 5.32 Å². The maximum Gasteiger partial charge on any atom is 0.131 e. The van der Waals surface area contributed by atoms with Gasteiger partial charge in [0.15, 0.2) is 0 Å². The van der Waals surface area contributed by atoms with E-state index in [1.54, 1.807) is 6.20 Å². The number of rotatable bonds is 4. The standard InChI is InChI=1S/C13H16N4S/c1-9(2)13-16-11(6-12(18)17-13)15-8-10-4-3-5-14-7-10/h3-7,9H,8H2,1-2H3,(H2,15,16,17,18). The second-order valence-corrected chi connectivity index (χ2v) is 4.81. The molecule has 0 unspecified atom stereocenters. The summed E-state index contributed by atoms with van der Waals surface area (Å²) in [6.45, 7) is 4.87. The highest BCUT2D eigenvalue weighted by atomic mass is 32.1. The van der Waals surface area contributed by atoms with Crippen LogP contribution < -0.4 is 5.32 Å². The van der Waals surface area contributed by atoms with Crippen LogP contribution >= 0.6 is 12.2 Å². The Hall–Kier alpha value is -1.75. The van der Waals surface area contributed by atoms with E-state index in [-0.39, 0.29) is 0 Å². The van der Waals surface area contributed by atoms with Crippen LogP contribution in [0.3, 0.4) is 0 Å². The first-order valence-electron chi connectivity index (χ1n) is 5.89. The van der Waals surface area contributed by atoms with Crippen LogP contribution in [0, 0.1) is 4.64 Å². The van der Waals surface area contributed by atoms with Crippen LogP contribution in [0.5, 0.6) is 0 Å². The Balaban J connectivity index is 2.12. The molecule has 0 spiro atoms. The van der Waals surface area contributed by atoms with Gasteiger partial charge in [-0.1, -0.05) is 32.1 Å². The van der Waals surface area contributed by atoms with Gasteiger partial charge in [-0.3, -0.25) is 4.98 Å². The van der Waals surface area contributed by atoms with E-state index < -0.39 is 0 Å². The second kappa shape index (κ2) is 5.73. The zero-order valence-electron chi connectivity index (χ0n) is 10.5. The zero-order valence-corrected chi connectivity index (χ0v) is 11.3. The van der Waals surface area contributed by atoms with Crippen molar-refractivity contribution < 1.29 is 0 Å². The highest BCUT2D eigenvalue weighted by Crippen LogP contribution is 2.12. The van der Waals surface area contributed by atoms with Gasteiger partial charge in [0.2, 0.25) is 0 Å². The van der Waals surface area contributed by atoms with E-state index in [9.17, 15) is 0 Å². The van der Waals surface area contributed by atoms with Gasteiger partial charge in [0, 0.05) is 30.9 Å². The van der Waals surface area contributed by atoms with Crippen molar-refractivity contribution in [3.05, 3.63) is 46.6 Å². The van der Waals surface area contributed by atoms with Gasteiger partial charge in [0.1, 0.15) is 16.3 Å². The molecule has 0 bridgehead atoms. The first-order chi connectivity index (χ1) is 8.65. The van der Waals surface area contributed by atoms with Crippen LogP contribution in [0.15, 0.2) is 30.6 Å². The smallest absolute Gasteiger partial charge is 0.131 e. The minimum Gasteiger partial charge on any atom is -0.367 e. The number of nitrogens with zero attached hydrogens (tertiary/aromatic N) is 2. The van der Waals surface area contributed by atoms with E-state index in [0.29, 0.717) is 17.1 Å². The van der Waals surface area contributed by atoms with Gasteiger partial charge in [0.05, 0.1) is 0 Å². The van der Waals surface area contributed by atoms with E-state index >= 15 is 0 Å². The van der Waals surface area contributed by atoms with Crippen LogP contribution in [0.1, 0.15) is 31.2 Å². The summed E-state index contributed by atoms with van der Waals surface area (Å²) in [7, 11) is 0. The molecule has 0 saturated heterocycles. The number of hydrogen-bond donors (Lipinski definition) is 2. The number of hydrogen-bond acceptors (Lipinski definition) is 4. The molecule has 0 saturated carbocycles. The maximum absolute atomic E-state index is 5.15. The molecule has 0 aromatic carbocycles. The van der Waals surface area contributed by atoms with E-state index in [4.69, 9.17) is 12.2 Å². The summed E-state index contributed by atoms with van der Waals surface area (Å²) in [5.74, 6) is 2.12. The van der Waals surface area contributed by atoms with Gasteiger partial charge in [-0.25, -0.2) is 4.98 Å². The number of anilines is 1. The van der Waals surface area contributed by atoms with Crippen molar-refractivity contribution in [1.82, 2.24) is 15.0 Å². The summed E-state index contributed by atoms with van der Waals surface area (Å²) in [6, 6.07) is 5.78. The molecule has 2 heterocycles. The predicted octanol–water partition coefficient (Wildman–Crippen LogP) is 3.27. The largest absolute Gasteiger partial charge is 0.367 e. The van der Waals surface area contributed by atoms with Crippen molar-refractivity contribution in [1.29, 1.82) is 0 Å². The molecule has 5 heteroatoms. The van der Waals surface area contributed by atoms with Gasteiger partial charge in [-0.15, -0.1) is 0 Å². The molecular formula is C13H16N4S. The lowest BCUT2D eigenvalue weighted by atomic mass is 10.2. The number of aromatic amines is 1. The average molecular weight is 260 g/mol. The van der Waals surface area contributed by atoms with Crippen molar-refractivity contribution in [2.45, 2.75) is 26.3 Å². The van der Waals surface area contributed by atoms with Crippen molar-refractivity contribution in [3.63, 3.8) is 0 Å². The minimum absolute atomic E-state index is 0.326. The van der Waals surface area contributed by atoms with Crippen LogP contribution in [0.25, 0.3) is 0 Å². The molecule has 18 heavy (non-hydrogen) atoms. The van der Waals surface area contributed by atoms with Gasteiger partial charge >= 0.3 is 0 Å². The van der Waals surface area contributed by atoms with Gasteiger partial charge in [-0.05, 0) is 11.6 Å². The molecule has 0 radical (unpaired) electrons. The summed E-state index contributed by atoms with van der Waals surface area (Å²) >= 11 is 5.15. The molecule has 0 aliphatic rings. The van der Waals surface area contributed by atoms with E-state index in [0.717, 1.165) is 17.2 Å². The summed E-state index contributed by atoms with van der Waals surface area (Å²) in [4.78, 5) is 11.6. The van der Waals surface area contributed by atoms with Gasteiger partial charge in [0.25, 0.3) is 0 Å². The third-order valence-corrected chi connectivity index (χ3v) is 2.72. The van der Waals surface area contributed by atoms with Crippen LogP contribution in [-0.4, -0.2) is 15.0 Å². The van der Waals surface area contributed by atoms with Crippen LogP contribution in [0.4, 0.5) is 5.82 Å². The maximum atomic E-state index is 5.15. The molecule has 2 rings (SSSR count). The molecule has 2 N–H and O–H groups in total. The van der Waals surface area contributed by atoms with Gasteiger partial charge < -0.3 is 10.3 Å². The SMILES string of the molecule is CC(C)c1nc(=S)cc(NCc2cccnc2)[nH]1. The van der Waals surface area contributed by atoms with Crippen LogP contribution in [-0.2, 0) is 6.54 Å². The fourth-order valence-corrected chi connectivity index (χ4v) is 1.76. The van der Waals surface area contributed by atoms with Crippen molar-refractivity contribution in [3.8, 4) is 0 Å². The molecule has 4 nitrogen and oxygen atoms in total. The lowest BCUT2D eigenvalue weighted by Gasteiger charge is -2.10. The number of nitrogens with one attached hydrogen (secondary N) is 2. The molecule has 0 aliphatic carbocycles. The first-order valence-corrected chi connectivity index (χ1v) is 6.30. The third-order valence-electron chi connectivity index (χ3n) is 2.51. The number of H-pyrrole nitrogens is 1. The summed E-state index contributed by atoms with van der Waals surface area (Å²) in [5.41, 5.74) is 1.12. The van der Waals surface area contributed by atoms with Crippen LogP contribution in [0.2, 0.25) is 0 Å². The Morgan fingerprint density at radius 2 is 2.28 bits per heavy atom. The quantitative estimate of drug-likeness (QED) is 0.828. The number of aromatic nitrogens is 3. The Kier molecular flexibility index (Phi) is 4.04. The third kappa shape index (κ3) is 3.37.